The van der Waals surface area contributed by atoms with Crippen molar-refractivity contribution < 1.29 is 9.53 Å². The van der Waals surface area contributed by atoms with E-state index in [1.165, 1.54) is 7.11 Å². The molecule has 10 heteroatoms. The molecule has 0 aliphatic carbocycles. The van der Waals surface area contributed by atoms with E-state index in [0.29, 0.717) is 34.5 Å². The lowest BCUT2D eigenvalue weighted by Gasteiger charge is -2.33. The van der Waals surface area contributed by atoms with Crippen LogP contribution in [0.15, 0.2) is 12.1 Å². The minimum absolute atomic E-state index is 0. The molecule has 1 aromatic heterocycles. The first-order chi connectivity index (χ1) is 12.4. The minimum atomic E-state index is -0.0834. The van der Waals surface area contributed by atoms with Gasteiger partial charge in [0, 0.05) is 25.7 Å². The Hall–Kier alpha value is -1.70. The number of ether oxygens (including phenoxy) is 1. The third-order valence-corrected chi connectivity index (χ3v) is 5.08. The Bertz CT molecular complexity index is 828. The van der Waals surface area contributed by atoms with E-state index in [1.54, 1.807) is 12.1 Å². The second-order valence-electron chi connectivity index (χ2n) is 6.72. The zero-order chi connectivity index (χ0) is 18.8. The van der Waals surface area contributed by atoms with E-state index in [9.17, 15) is 4.79 Å². The topological polar surface area (TPSA) is 86.3 Å². The third kappa shape index (κ3) is 5.21. The first-order valence-electron chi connectivity index (χ1n) is 8.69. The Morgan fingerprint density at radius 2 is 2.07 bits per heavy atom. The number of likely N-dealkylation sites (tertiary alicyclic amines) is 1. The molecule has 1 aliphatic rings. The molecule has 0 saturated carbocycles. The molecule has 28 heavy (non-hydrogen) atoms. The lowest BCUT2D eigenvalue weighted by atomic mass is 9.97. The van der Waals surface area contributed by atoms with Crippen molar-refractivity contribution in [2.24, 2.45) is 5.92 Å². The van der Waals surface area contributed by atoms with Crippen molar-refractivity contribution in [1.82, 2.24) is 19.7 Å². The highest BCUT2D eigenvalue weighted by Gasteiger charge is 2.27. The number of hydrogen-bond acceptors (Lipinski definition) is 5. The van der Waals surface area contributed by atoms with Gasteiger partial charge in [0.1, 0.15) is 17.4 Å². The maximum absolute atomic E-state index is 13.0. The molecule has 0 radical (unpaired) electrons. The smallest absolute Gasteiger partial charge is 0.257 e. The molecule has 1 aliphatic heterocycles. The van der Waals surface area contributed by atoms with Crippen LogP contribution in [0.25, 0.3) is 0 Å². The molecule has 1 unspecified atom stereocenters. The van der Waals surface area contributed by atoms with Gasteiger partial charge in [-0.25, -0.2) is 9.67 Å². The lowest BCUT2D eigenvalue weighted by molar-refractivity contribution is 0.0656. The van der Waals surface area contributed by atoms with E-state index in [-0.39, 0.29) is 30.7 Å². The molecule has 156 valence electrons. The van der Waals surface area contributed by atoms with Crippen molar-refractivity contribution in [3.63, 3.8) is 0 Å². The highest BCUT2D eigenvalue weighted by molar-refractivity contribution is 6.33. The van der Waals surface area contributed by atoms with Gasteiger partial charge in [-0.1, -0.05) is 11.6 Å². The molecule has 1 atom stereocenters. The van der Waals surface area contributed by atoms with Crippen LogP contribution >= 0.6 is 36.4 Å². The molecule has 0 spiro atoms. The van der Waals surface area contributed by atoms with Crippen LogP contribution in [0.5, 0.6) is 5.75 Å². The number of carbonyl (C=O) groups excluding carboxylic acids is 1. The quantitative estimate of drug-likeness (QED) is 0.720. The normalized spacial score (nSPS) is 16.1. The number of nitrogen functional groups attached to an aromatic ring is 1. The van der Waals surface area contributed by atoms with Crippen LogP contribution in [0.3, 0.4) is 0 Å². The van der Waals surface area contributed by atoms with Gasteiger partial charge in [-0.3, -0.25) is 4.79 Å². The van der Waals surface area contributed by atoms with Gasteiger partial charge < -0.3 is 15.4 Å². The fraction of sp³-hybridized carbons (Fsp3) is 0.500. The molecule has 7 nitrogen and oxygen atoms in total. The number of rotatable bonds is 4. The van der Waals surface area contributed by atoms with E-state index in [4.69, 9.17) is 22.1 Å². The first-order valence-corrected chi connectivity index (χ1v) is 9.07. The van der Waals surface area contributed by atoms with Crippen molar-refractivity contribution in [3.05, 3.63) is 34.4 Å². The number of piperidine rings is 1. The summed E-state index contributed by atoms with van der Waals surface area (Å²) in [6.45, 7) is 5.98. The predicted octanol–water partition coefficient (Wildman–Crippen LogP) is 3.54. The zero-order valence-electron chi connectivity index (χ0n) is 16.1. The van der Waals surface area contributed by atoms with E-state index in [0.717, 1.165) is 37.6 Å². The van der Waals surface area contributed by atoms with Crippen LogP contribution in [0.4, 0.5) is 5.69 Å². The fourth-order valence-electron chi connectivity index (χ4n) is 3.45. The summed E-state index contributed by atoms with van der Waals surface area (Å²) in [6.07, 6.45) is 2.01. The molecule has 1 amide bonds. The maximum atomic E-state index is 13.0. The second kappa shape index (κ2) is 10.2. The van der Waals surface area contributed by atoms with Gasteiger partial charge >= 0.3 is 0 Å². The number of hydrogen-bond donors (Lipinski definition) is 1. The van der Waals surface area contributed by atoms with Crippen molar-refractivity contribution >= 4 is 48.0 Å². The van der Waals surface area contributed by atoms with Gasteiger partial charge in [-0.15, -0.1) is 24.8 Å². The number of carbonyl (C=O) groups is 1. The standard InChI is InChI=1S/C18H24ClN5O2.2ClH/c1-11-21-12(2)24(22-11)10-13-5-4-6-23(9-13)18(25)14-7-15(19)16(20)8-17(14)26-3;;/h7-8,13H,4-6,9-10,20H2,1-3H3;2*1H. The Kier molecular flexibility index (Phi) is 8.85. The number of methoxy groups -OCH3 is 1. The summed E-state index contributed by atoms with van der Waals surface area (Å²) in [7, 11) is 1.52. The summed E-state index contributed by atoms with van der Waals surface area (Å²) in [4.78, 5) is 19.2. The van der Waals surface area contributed by atoms with Crippen LogP contribution in [-0.2, 0) is 6.54 Å². The van der Waals surface area contributed by atoms with E-state index >= 15 is 0 Å². The summed E-state index contributed by atoms with van der Waals surface area (Å²) >= 11 is 6.11. The molecule has 2 heterocycles. The number of aryl methyl sites for hydroxylation is 2. The monoisotopic (exact) mass is 449 g/mol. The van der Waals surface area contributed by atoms with E-state index < -0.39 is 0 Å². The number of anilines is 1. The number of aromatic nitrogens is 3. The van der Waals surface area contributed by atoms with Crippen LogP contribution in [0.2, 0.25) is 5.02 Å². The summed E-state index contributed by atoms with van der Waals surface area (Å²) < 4.78 is 7.25. The van der Waals surface area contributed by atoms with Crippen molar-refractivity contribution in [2.45, 2.75) is 33.2 Å². The second-order valence-corrected chi connectivity index (χ2v) is 7.13. The summed E-state index contributed by atoms with van der Waals surface area (Å²) in [5, 5.41) is 4.79. The summed E-state index contributed by atoms with van der Waals surface area (Å²) in [5.41, 5.74) is 6.66. The van der Waals surface area contributed by atoms with E-state index in [1.807, 2.05) is 23.4 Å². The highest BCUT2D eigenvalue weighted by Crippen LogP contribution is 2.31. The molecule has 1 saturated heterocycles. The number of halogens is 3. The molecular formula is C18H26Cl3N5O2. The van der Waals surface area contributed by atoms with Crippen molar-refractivity contribution in [1.29, 1.82) is 0 Å². The van der Waals surface area contributed by atoms with Gasteiger partial charge in [0.25, 0.3) is 5.91 Å². The molecule has 3 rings (SSSR count). The zero-order valence-corrected chi connectivity index (χ0v) is 18.5. The van der Waals surface area contributed by atoms with Crippen molar-refractivity contribution in [3.8, 4) is 5.75 Å². The molecular weight excluding hydrogens is 425 g/mol. The molecule has 2 aromatic rings. The summed E-state index contributed by atoms with van der Waals surface area (Å²) in [6, 6.07) is 3.19. The van der Waals surface area contributed by atoms with Crippen molar-refractivity contribution in [2.75, 3.05) is 25.9 Å². The lowest BCUT2D eigenvalue weighted by Crippen LogP contribution is -2.41. The molecule has 2 N–H and O–H groups in total. The van der Waals surface area contributed by atoms with E-state index in [2.05, 4.69) is 10.1 Å². The molecule has 0 bridgehead atoms. The van der Waals surface area contributed by atoms with Gasteiger partial charge in [0.05, 0.1) is 23.4 Å². The van der Waals surface area contributed by atoms with Crippen LogP contribution in [0.1, 0.15) is 34.8 Å². The Morgan fingerprint density at radius 1 is 1.36 bits per heavy atom. The average Bonchev–Trinajstić information content (AvgIpc) is 2.93. The van der Waals surface area contributed by atoms with Crippen LogP contribution in [0, 0.1) is 19.8 Å². The Morgan fingerprint density at radius 3 is 2.68 bits per heavy atom. The Balaban J connectivity index is 0.00000196. The minimum Gasteiger partial charge on any atom is -0.496 e. The van der Waals surface area contributed by atoms with Gasteiger partial charge in [-0.2, -0.15) is 5.10 Å². The maximum Gasteiger partial charge on any atom is 0.257 e. The van der Waals surface area contributed by atoms with Gasteiger partial charge in [0.2, 0.25) is 0 Å². The predicted molar refractivity (Wildman–Crippen MR) is 115 cm³/mol. The average molecular weight is 451 g/mol. The first kappa shape index (κ1) is 24.3. The van der Waals surface area contributed by atoms with Gasteiger partial charge in [0.15, 0.2) is 0 Å². The number of amides is 1. The fourth-order valence-corrected chi connectivity index (χ4v) is 3.62. The highest BCUT2D eigenvalue weighted by atomic mass is 35.5. The van der Waals surface area contributed by atoms with Gasteiger partial charge in [-0.05, 0) is 38.7 Å². The third-order valence-electron chi connectivity index (χ3n) is 4.75. The Labute approximate surface area is 182 Å². The number of nitrogens with zero attached hydrogens (tertiary/aromatic N) is 4. The van der Waals surface area contributed by atoms with Crippen LogP contribution in [-0.4, -0.2) is 45.8 Å². The SMILES string of the molecule is COc1cc(N)c(Cl)cc1C(=O)N1CCCC(Cn2nc(C)nc2C)C1.Cl.Cl. The van der Waals surface area contributed by atoms with Crippen LogP contribution < -0.4 is 10.5 Å². The molecule has 1 fully saturated rings. The number of nitrogens with two attached hydrogens (primary N) is 1. The molecule has 1 aromatic carbocycles. The number of benzene rings is 1. The largest absolute Gasteiger partial charge is 0.496 e. The summed E-state index contributed by atoms with van der Waals surface area (Å²) in [5.74, 6) is 2.37.